The van der Waals surface area contributed by atoms with E-state index >= 15 is 0 Å². The number of fused-ring (bicyclic) bond motifs is 1. The Morgan fingerprint density at radius 2 is 2.28 bits per heavy atom. The first-order valence-electron chi connectivity index (χ1n) is 4.94. The number of aromatic amines is 1. The summed E-state index contributed by atoms with van der Waals surface area (Å²) in [4.78, 5) is 15.6. The summed E-state index contributed by atoms with van der Waals surface area (Å²) < 4.78 is 8.49. The minimum atomic E-state index is -0.415. The fourth-order valence-corrected chi connectivity index (χ4v) is 2.62. The van der Waals surface area contributed by atoms with Crippen LogP contribution in [0.3, 0.4) is 0 Å². The molecule has 18 heavy (non-hydrogen) atoms. The number of nitrogens with zero attached hydrogens (tertiary/aromatic N) is 4. The third-order valence-electron chi connectivity index (χ3n) is 2.25. The summed E-state index contributed by atoms with van der Waals surface area (Å²) in [7, 11) is 0. The van der Waals surface area contributed by atoms with Crippen LogP contribution in [0.15, 0.2) is 18.2 Å². The number of amides is 1. The van der Waals surface area contributed by atoms with Crippen LogP contribution in [0.2, 0.25) is 0 Å². The molecule has 8 nitrogen and oxygen atoms in total. The minimum absolute atomic E-state index is 0.0291. The topological polar surface area (TPSA) is 122 Å². The predicted molar refractivity (Wildman–Crippen MR) is 65.2 cm³/mol. The van der Waals surface area contributed by atoms with Gasteiger partial charge in [-0.25, -0.2) is 0 Å². The third kappa shape index (κ3) is 1.85. The van der Waals surface area contributed by atoms with Gasteiger partial charge < -0.3 is 0 Å². The van der Waals surface area contributed by atoms with E-state index in [1.807, 2.05) is 12.1 Å². The first-order valence-corrected chi connectivity index (χ1v) is 6.48. The molecule has 0 bridgehead atoms. The van der Waals surface area contributed by atoms with Crippen LogP contribution in [0.4, 0.5) is 11.6 Å². The molecule has 0 saturated carbocycles. The molecule has 0 aliphatic carbocycles. The van der Waals surface area contributed by atoms with Gasteiger partial charge in [-0.05, 0) is 0 Å². The Balaban J connectivity index is 1.92. The van der Waals surface area contributed by atoms with Gasteiger partial charge in [0.1, 0.15) is 0 Å². The molecule has 90 valence electrons. The van der Waals surface area contributed by atoms with Crippen LogP contribution in [0.5, 0.6) is 0 Å². The maximum atomic E-state index is 11.9. The Labute approximate surface area is 107 Å². The average molecular weight is 308 g/mol. The van der Waals surface area contributed by atoms with Crippen LogP contribution < -0.4 is 11.1 Å². The number of carbonyl (C=O) groups excluding carboxylic acids is 1. The molecule has 0 radical (unpaired) electrons. The van der Waals surface area contributed by atoms with Crippen molar-refractivity contribution in [1.29, 1.82) is 0 Å². The van der Waals surface area contributed by atoms with Crippen molar-refractivity contribution in [2.75, 3.05) is 11.1 Å². The van der Waals surface area contributed by atoms with Crippen molar-refractivity contribution in [2.45, 2.75) is 0 Å². The van der Waals surface area contributed by atoms with Crippen molar-refractivity contribution < 1.29 is 4.79 Å². The number of hydrogen-bond acceptors (Lipinski definition) is 6. The van der Waals surface area contributed by atoms with Crippen LogP contribution in [0, 0.1) is 0 Å². The van der Waals surface area contributed by atoms with E-state index in [0.29, 0.717) is 11.2 Å². The Kier molecular flexibility index (Phi) is 2.54. The molecule has 2 aromatic heterocycles. The van der Waals surface area contributed by atoms with E-state index < -0.39 is 5.91 Å². The number of anilines is 2. The Morgan fingerprint density at radius 1 is 1.39 bits per heavy atom. The van der Waals surface area contributed by atoms with E-state index in [1.165, 1.54) is 0 Å². The molecule has 0 fully saturated rings. The first-order chi connectivity index (χ1) is 8.74. The second kappa shape index (κ2) is 4.21. The number of rotatable bonds is 2. The number of benzene rings is 1. The molecule has 0 aliphatic heterocycles. The summed E-state index contributed by atoms with van der Waals surface area (Å²) >= 11 is -0.139. The zero-order valence-electron chi connectivity index (χ0n) is 8.91. The average Bonchev–Trinajstić information content (AvgIpc) is 2.97. The quantitative estimate of drug-likeness (QED) is 0.556. The summed E-state index contributed by atoms with van der Waals surface area (Å²) in [6.07, 6.45) is 0. The number of nitrogen functional groups attached to an aromatic ring is 1. The van der Waals surface area contributed by atoms with Crippen LogP contribution in [0.25, 0.3) is 11.0 Å². The van der Waals surface area contributed by atoms with Gasteiger partial charge in [0.15, 0.2) is 0 Å². The Morgan fingerprint density at radius 3 is 3.06 bits per heavy atom. The molecule has 0 atom stereocenters. The monoisotopic (exact) mass is 309 g/mol. The van der Waals surface area contributed by atoms with Gasteiger partial charge in [-0.15, -0.1) is 0 Å². The van der Waals surface area contributed by atoms with E-state index in [9.17, 15) is 4.79 Å². The molecule has 4 N–H and O–H groups in total. The number of nitrogens with two attached hydrogens (primary N) is 1. The molecule has 3 rings (SSSR count). The van der Waals surface area contributed by atoms with Crippen LogP contribution in [-0.4, -0.2) is 44.0 Å². The number of carbonyl (C=O) groups is 1. The molecular formula is C9H7N7OSe. The van der Waals surface area contributed by atoms with E-state index in [0.717, 1.165) is 5.52 Å². The Bertz CT molecular complexity index is 718. The maximum absolute atomic E-state index is 11.9. The van der Waals surface area contributed by atoms with Gasteiger partial charge in [0.25, 0.3) is 0 Å². The van der Waals surface area contributed by atoms with Crippen molar-refractivity contribution >= 4 is 43.5 Å². The molecule has 1 aromatic carbocycles. The number of hydrogen-bond donors (Lipinski definition) is 3. The summed E-state index contributed by atoms with van der Waals surface area (Å²) in [5.74, 6) is -0.325. The molecule has 3 aromatic rings. The fourth-order valence-electron chi connectivity index (χ4n) is 1.46. The standard InChI is InChI=1S/C9H7N7OSe/c10-9-12-7(13-14-9)8(17)11-4-2-1-3-5-6(4)16-18-15-5/h1-3H,(H,11,17)(H3,10,12,13,14). The van der Waals surface area contributed by atoms with Crippen LogP contribution >= 0.6 is 0 Å². The van der Waals surface area contributed by atoms with E-state index in [4.69, 9.17) is 5.73 Å². The van der Waals surface area contributed by atoms with Crippen molar-refractivity contribution in [3.05, 3.63) is 24.0 Å². The molecule has 0 aliphatic rings. The van der Waals surface area contributed by atoms with E-state index in [-0.39, 0.29) is 26.7 Å². The van der Waals surface area contributed by atoms with Gasteiger partial charge in [0.05, 0.1) is 0 Å². The molecule has 0 unspecified atom stereocenters. The van der Waals surface area contributed by atoms with Crippen LogP contribution in [-0.2, 0) is 0 Å². The summed E-state index contributed by atoms with van der Waals surface area (Å²) in [6, 6.07) is 5.43. The first kappa shape index (κ1) is 10.9. The summed E-state index contributed by atoms with van der Waals surface area (Å²) in [6.45, 7) is 0. The van der Waals surface area contributed by atoms with Crippen molar-refractivity contribution in [1.82, 2.24) is 23.1 Å². The van der Waals surface area contributed by atoms with Crippen molar-refractivity contribution in [3.63, 3.8) is 0 Å². The molecule has 9 heteroatoms. The van der Waals surface area contributed by atoms with Crippen molar-refractivity contribution in [3.8, 4) is 0 Å². The number of H-pyrrole nitrogens is 1. The van der Waals surface area contributed by atoms with Crippen molar-refractivity contribution in [2.24, 2.45) is 0 Å². The van der Waals surface area contributed by atoms with E-state index in [2.05, 4.69) is 28.5 Å². The van der Waals surface area contributed by atoms with Gasteiger partial charge in [-0.3, -0.25) is 0 Å². The molecule has 0 saturated heterocycles. The summed E-state index contributed by atoms with van der Waals surface area (Å²) in [5, 5.41) is 8.74. The number of aromatic nitrogens is 5. The summed E-state index contributed by atoms with van der Waals surface area (Å²) in [5.41, 5.74) is 7.45. The number of nitrogens with one attached hydrogen (secondary N) is 2. The molecule has 1 amide bonds. The van der Waals surface area contributed by atoms with Gasteiger partial charge >= 0.3 is 107 Å². The van der Waals surface area contributed by atoms with Crippen LogP contribution in [0.1, 0.15) is 10.6 Å². The van der Waals surface area contributed by atoms with Gasteiger partial charge in [-0.1, -0.05) is 0 Å². The van der Waals surface area contributed by atoms with E-state index in [1.54, 1.807) is 6.07 Å². The van der Waals surface area contributed by atoms with Gasteiger partial charge in [0, 0.05) is 0 Å². The third-order valence-corrected chi connectivity index (χ3v) is 3.39. The fraction of sp³-hybridized carbons (Fsp3) is 0. The second-order valence-electron chi connectivity index (χ2n) is 3.43. The predicted octanol–water partition coefficient (Wildman–Crippen LogP) is -0.361. The zero-order valence-corrected chi connectivity index (χ0v) is 10.6. The molecule has 0 spiro atoms. The SMILES string of the molecule is Nc1n[nH]c(C(=O)Nc2cccc3n[se]nc23)n1. The molecular weight excluding hydrogens is 301 g/mol. The second-order valence-corrected chi connectivity index (χ2v) is 4.54. The Hall–Kier alpha value is -2.25. The normalized spacial score (nSPS) is 10.7. The van der Waals surface area contributed by atoms with Gasteiger partial charge in [0.2, 0.25) is 0 Å². The molecule has 2 heterocycles. The zero-order chi connectivity index (χ0) is 12.5. The van der Waals surface area contributed by atoms with Gasteiger partial charge in [-0.2, -0.15) is 0 Å².